The van der Waals surface area contributed by atoms with Crippen LogP contribution in [0.15, 0.2) is 30.3 Å². The fourth-order valence-corrected chi connectivity index (χ4v) is 1.08. The van der Waals surface area contributed by atoms with Gasteiger partial charge in [0.15, 0.2) is 0 Å². The lowest BCUT2D eigenvalue weighted by atomic mass is 10.2. The summed E-state index contributed by atoms with van der Waals surface area (Å²) >= 11 is 1.31. The van der Waals surface area contributed by atoms with Gasteiger partial charge in [-0.15, -0.1) is 0 Å². The quantitative estimate of drug-likeness (QED) is 0.411. The summed E-state index contributed by atoms with van der Waals surface area (Å²) in [5.74, 6) is 0.856. The van der Waals surface area contributed by atoms with Gasteiger partial charge >= 0.3 is 0 Å². The molecule has 0 aliphatic carbocycles. The fourth-order valence-electron chi connectivity index (χ4n) is 0.881. The van der Waals surface area contributed by atoms with Crippen molar-refractivity contribution in [3.05, 3.63) is 35.9 Å². The van der Waals surface area contributed by atoms with E-state index in [4.69, 9.17) is 9.98 Å². The van der Waals surface area contributed by atoms with E-state index in [1.807, 2.05) is 30.3 Å². The van der Waals surface area contributed by atoms with E-state index in [1.165, 1.54) is 11.9 Å². The Hall–Kier alpha value is -0.550. The van der Waals surface area contributed by atoms with Crippen LogP contribution < -0.4 is 10.6 Å². The van der Waals surface area contributed by atoms with Crippen LogP contribution in [0, 0.1) is 0 Å². The lowest BCUT2D eigenvalue weighted by Crippen LogP contribution is -2.18. The number of nitrogens with two attached hydrogens (primary N) is 1. The van der Waals surface area contributed by atoms with E-state index in [1.54, 1.807) is 0 Å². The highest BCUT2D eigenvalue weighted by atomic mass is 32.2. The molecule has 0 radical (unpaired) electrons. The maximum atomic E-state index is 5.24. The average molecular weight is 198 g/mol. The standard InChI is InChI=1S/C9H14N2OS/c10-13-7-6-11-12-8-9-4-2-1-3-5-9/h1-5,11H,6-8,10H2. The van der Waals surface area contributed by atoms with Gasteiger partial charge in [0.05, 0.1) is 6.61 Å². The van der Waals surface area contributed by atoms with Crippen LogP contribution in [0.2, 0.25) is 0 Å². The fraction of sp³-hybridized carbons (Fsp3) is 0.333. The van der Waals surface area contributed by atoms with Gasteiger partial charge in [-0.05, 0) is 5.56 Å². The van der Waals surface area contributed by atoms with Crippen molar-refractivity contribution in [1.29, 1.82) is 0 Å². The van der Waals surface area contributed by atoms with Gasteiger partial charge in [0, 0.05) is 12.3 Å². The summed E-state index contributed by atoms with van der Waals surface area (Å²) in [5, 5.41) is 5.24. The maximum absolute atomic E-state index is 5.24. The van der Waals surface area contributed by atoms with Gasteiger partial charge in [-0.3, -0.25) is 9.98 Å². The molecule has 0 unspecified atom stereocenters. The van der Waals surface area contributed by atoms with Gasteiger partial charge in [0.1, 0.15) is 0 Å². The monoisotopic (exact) mass is 198 g/mol. The Bertz CT molecular complexity index is 218. The minimum Gasteiger partial charge on any atom is -0.297 e. The minimum atomic E-state index is 0.593. The average Bonchev–Trinajstić information content (AvgIpc) is 2.19. The molecule has 0 heterocycles. The molecule has 3 N–H and O–H groups in total. The van der Waals surface area contributed by atoms with Crippen molar-refractivity contribution in [2.75, 3.05) is 12.3 Å². The van der Waals surface area contributed by atoms with E-state index >= 15 is 0 Å². The second kappa shape index (κ2) is 6.91. The molecule has 0 saturated carbocycles. The molecule has 0 spiro atoms. The zero-order valence-electron chi connectivity index (χ0n) is 7.40. The first-order valence-electron chi connectivity index (χ1n) is 4.13. The van der Waals surface area contributed by atoms with Crippen LogP contribution in [0.3, 0.4) is 0 Å². The zero-order valence-corrected chi connectivity index (χ0v) is 8.22. The van der Waals surface area contributed by atoms with Gasteiger partial charge in [0.25, 0.3) is 0 Å². The van der Waals surface area contributed by atoms with Crippen LogP contribution in [-0.2, 0) is 11.4 Å². The Morgan fingerprint density at radius 1 is 1.31 bits per heavy atom. The molecule has 0 aliphatic rings. The van der Waals surface area contributed by atoms with Crippen molar-refractivity contribution in [2.24, 2.45) is 5.14 Å². The van der Waals surface area contributed by atoms with Gasteiger partial charge in [-0.2, -0.15) is 0 Å². The Labute approximate surface area is 82.7 Å². The molecule has 1 rings (SSSR count). The highest BCUT2D eigenvalue weighted by molar-refractivity contribution is 7.97. The van der Waals surface area contributed by atoms with Crippen molar-refractivity contribution in [3.63, 3.8) is 0 Å². The molecule has 3 nitrogen and oxygen atoms in total. The lowest BCUT2D eigenvalue weighted by molar-refractivity contribution is 0.0320. The second-order valence-electron chi connectivity index (χ2n) is 2.54. The first-order chi connectivity index (χ1) is 6.43. The summed E-state index contributed by atoms with van der Waals surface area (Å²) < 4.78 is 0. The number of nitrogens with one attached hydrogen (secondary N) is 1. The number of hydrogen-bond acceptors (Lipinski definition) is 4. The van der Waals surface area contributed by atoms with Crippen molar-refractivity contribution in [2.45, 2.75) is 6.61 Å². The Balaban J connectivity index is 2.07. The summed E-state index contributed by atoms with van der Waals surface area (Å²) in [5.41, 5.74) is 4.00. The zero-order chi connectivity index (χ0) is 9.36. The van der Waals surface area contributed by atoms with Crippen LogP contribution in [0.4, 0.5) is 0 Å². The first kappa shape index (κ1) is 10.5. The lowest BCUT2D eigenvalue weighted by Gasteiger charge is -2.04. The smallest absolute Gasteiger partial charge is 0.0933 e. The van der Waals surface area contributed by atoms with Crippen molar-refractivity contribution >= 4 is 11.9 Å². The summed E-state index contributed by atoms with van der Waals surface area (Å²) in [6.07, 6.45) is 0. The predicted molar refractivity (Wildman–Crippen MR) is 55.9 cm³/mol. The molecule has 4 heteroatoms. The molecule has 0 aliphatic heterocycles. The number of benzene rings is 1. The van der Waals surface area contributed by atoms with Gasteiger partial charge in [-0.1, -0.05) is 42.3 Å². The van der Waals surface area contributed by atoms with E-state index in [-0.39, 0.29) is 0 Å². The van der Waals surface area contributed by atoms with Crippen LogP contribution in [-0.4, -0.2) is 12.3 Å². The van der Waals surface area contributed by atoms with E-state index in [0.717, 1.165) is 17.9 Å². The summed E-state index contributed by atoms with van der Waals surface area (Å²) in [7, 11) is 0. The normalized spacial score (nSPS) is 10.2. The molecule has 72 valence electrons. The first-order valence-corrected chi connectivity index (χ1v) is 5.18. The number of hydrogen-bond donors (Lipinski definition) is 2. The van der Waals surface area contributed by atoms with E-state index in [0.29, 0.717) is 6.61 Å². The molecular formula is C9H14N2OS. The molecule has 0 amide bonds. The van der Waals surface area contributed by atoms with Crippen molar-refractivity contribution in [1.82, 2.24) is 5.48 Å². The molecule has 0 saturated heterocycles. The largest absolute Gasteiger partial charge is 0.297 e. The predicted octanol–water partition coefficient (Wildman–Crippen LogP) is 1.31. The molecule has 0 bridgehead atoms. The second-order valence-corrected chi connectivity index (χ2v) is 3.28. The third kappa shape index (κ3) is 4.90. The maximum Gasteiger partial charge on any atom is 0.0933 e. The summed E-state index contributed by atoms with van der Waals surface area (Å²) in [4.78, 5) is 5.20. The summed E-state index contributed by atoms with van der Waals surface area (Å²) in [6, 6.07) is 10.0. The molecular weight excluding hydrogens is 184 g/mol. The van der Waals surface area contributed by atoms with E-state index in [2.05, 4.69) is 5.48 Å². The third-order valence-electron chi connectivity index (χ3n) is 1.51. The number of rotatable bonds is 6. The Kier molecular flexibility index (Phi) is 5.60. The van der Waals surface area contributed by atoms with E-state index in [9.17, 15) is 0 Å². The third-order valence-corrected chi connectivity index (χ3v) is 1.95. The topological polar surface area (TPSA) is 47.3 Å². The minimum absolute atomic E-state index is 0.593. The van der Waals surface area contributed by atoms with Gasteiger partial charge < -0.3 is 0 Å². The van der Waals surface area contributed by atoms with E-state index < -0.39 is 0 Å². The molecule has 0 aromatic heterocycles. The molecule has 13 heavy (non-hydrogen) atoms. The highest BCUT2D eigenvalue weighted by Crippen LogP contribution is 1.98. The molecule has 0 atom stereocenters. The van der Waals surface area contributed by atoms with Crippen molar-refractivity contribution < 1.29 is 4.84 Å². The van der Waals surface area contributed by atoms with Gasteiger partial charge in [0.2, 0.25) is 0 Å². The van der Waals surface area contributed by atoms with Crippen molar-refractivity contribution in [3.8, 4) is 0 Å². The molecule has 1 aromatic rings. The molecule has 1 aromatic carbocycles. The van der Waals surface area contributed by atoms with Crippen LogP contribution in [0.25, 0.3) is 0 Å². The number of hydroxylamine groups is 1. The summed E-state index contributed by atoms with van der Waals surface area (Å²) in [6.45, 7) is 1.37. The van der Waals surface area contributed by atoms with Crippen LogP contribution in [0.5, 0.6) is 0 Å². The Morgan fingerprint density at radius 2 is 2.08 bits per heavy atom. The SMILES string of the molecule is NSCCNOCc1ccccc1. The van der Waals surface area contributed by atoms with Crippen LogP contribution >= 0.6 is 11.9 Å². The molecule has 0 fully saturated rings. The van der Waals surface area contributed by atoms with Gasteiger partial charge in [-0.25, -0.2) is 5.48 Å². The van der Waals surface area contributed by atoms with Crippen LogP contribution in [0.1, 0.15) is 5.56 Å². The highest BCUT2D eigenvalue weighted by Gasteiger charge is 1.90. The Morgan fingerprint density at radius 3 is 2.77 bits per heavy atom.